The van der Waals surface area contributed by atoms with Crippen LogP contribution in [-0.4, -0.2) is 58.6 Å². The van der Waals surface area contributed by atoms with Crippen LogP contribution in [0.3, 0.4) is 0 Å². The molecule has 6 nitrogen and oxygen atoms in total. The Bertz CT molecular complexity index is 538. The molecule has 3 atom stereocenters. The van der Waals surface area contributed by atoms with Gasteiger partial charge in [-0.25, -0.2) is 0 Å². The molecule has 6 heteroatoms. The van der Waals surface area contributed by atoms with Gasteiger partial charge < -0.3 is 14.4 Å². The van der Waals surface area contributed by atoms with Crippen molar-refractivity contribution >= 4 is 5.91 Å². The molecule has 0 spiro atoms. The van der Waals surface area contributed by atoms with Crippen molar-refractivity contribution < 1.29 is 14.3 Å². The molecule has 3 rings (SSSR count). The van der Waals surface area contributed by atoms with Crippen molar-refractivity contribution in [1.29, 1.82) is 0 Å². The molecule has 2 fully saturated rings. The molecule has 2 aliphatic heterocycles. The maximum atomic E-state index is 12.8. The van der Waals surface area contributed by atoms with Crippen LogP contribution in [0.25, 0.3) is 0 Å². The van der Waals surface area contributed by atoms with E-state index in [1.54, 1.807) is 6.20 Å². The molecule has 0 radical (unpaired) electrons. The van der Waals surface area contributed by atoms with E-state index in [9.17, 15) is 4.79 Å². The van der Waals surface area contributed by atoms with Crippen molar-refractivity contribution in [2.24, 2.45) is 5.41 Å². The van der Waals surface area contributed by atoms with Crippen LogP contribution in [-0.2, 0) is 20.8 Å². The first-order chi connectivity index (χ1) is 11.5. The molecule has 0 saturated carbocycles. The second kappa shape index (κ2) is 7.23. The monoisotopic (exact) mass is 335 g/mol. The molecule has 0 bridgehead atoms. The number of hydrogen-bond acceptors (Lipinski definition) is 4. The third kappa shape index (κ3) is 3.81. The number of hydrogen-bond donors (Lipinski definition) is 0. The number of carbonyl (C=O) groups excluding carboxylic acids is 1. The van der Waals surface area contributed by atoms with Gasteiger partial charge in [-0.05, 0) is 25.3 Å². The lowest BCUT2D eigenvalue weighted by Crippen LogP contribution is -2.47. The van der Waals surface area contributed by atoms with Crippen LogP contribution < -0.4 is 0 Å². The van der Waals surface area contributed by atoms with Crippen molar-refractivity contribution in [2.45, 2.75) is 64.8 Å². The summed E-state index contributed by atoms with van der Waals surface area (Å²) in [5.41, 5.74) is -0.364. The lowest BCUT2D eigenvalue weighted by Gasteiger charge is -2.35. The molecule has 1 aromatic rings. The number of amides is 1. The zero-order chi connectivity index (χ0) is 17.2. The highest BCUT2D eigenvalue weighted by atomic mass is 16.5. The fraction of sp³-hybridized carbons (Fsp3) is 0.778. The summed E-state index contributed by atoms with van der Waals surface area (Å²) in [4.78, 5) is 14.8. The van der Waals surface area contributed by atoms with E-state index in [2.05, 4.69) is 5.10 Å². The van der Waals surface area contributed by atoms with Gasteiger partial charge in [-0.3, -0.25) is 9.48 Å². The smallest absolute Gasteiger partial charge is 0.228 e. The molecule has 2 aliphatic rings. The van der Waals surface area contributed by atoms with Crippen LogP contribution >= 0.6 is 0 Å². The van der Waals surface area contributed by atoms with Gasteiger partial charge in [-0.15, -0.1) is 0 Å². The second-order valence-electron chi connectivity index (χ2n) is 7.78. The number of carbonyl (C=O) groups is 1. The number of ether oxygens (including phenoxy) is 2. The van der Waals surface area contributed by atoms with Crippen LogP contribution in [0, 0.1) is 5.41 Å². The van der Waals surface area contributed by atoms with Crippen molar-refractivity contribution in [3.63, 3.8) is 0 Å². The predicted octanol–water partition coefficient (Wildman–Crippen LogP) is 2.09. The summed E-state index contributed by atoms with van der Waals surface area (Å²) in [6.45, 7) is 8.86. The third-order valence-electron chi connectivity index (χ3n) is 4.80. The maximum absolute atomic E-state index is 12.8. The number of rotatable bonds is 5. The van der Waals surface area contributed by atoms with Gasteiger partial charge in [0.1, 0.15) is 12.2 Å². The van der Waals surface area contributed by atoms with Gasteiger partial charge in [-0.1, -0.05) is 20.8 Å². The average molecular weight is 335 g/mol. The minimum atomic E-state index is -0.364. The third-order valence-corrected chi connectivity index (χ3v) is 4.80. The lowest BCUT2D eigenvalue weighted by molar-refractivity contribution is -0.143. The fourth-order valence-electron chi connectivity index (χ4n) is 3.61. The summed E-state index contributed by atoms with van der Waals surface area (Å²) >= 11 is 0. The van der Waals surface area contributed by atoms with Gasteiger partial charge in [-0.2, -0.15) is 5.10 Å². The quantitative estimate of drug-likeness (QED) is 0.773. The molecule has 1 amide bonds. The molecular weight excluding hydrogens is 306 g/mol. The lowest BCUT2D eigenvalue weighted by atomic mass is 9.93. The molecule has 0 aliphatic carbocycles. The molecule has 24 heavy (non-hydrogen) atoms. The standard InChI is InChI=1S/C18H29N3O3/c1-18(2,3)17(22)21-13-15(16-14(21)7-4-11-24-16)23-12-6-10-20-9-5-8-19-20/h5,8-9,14-16H,4,6-7,10-13H2,1-3H3/t14-,15-,16-/m1/s1. The minimum absolute atomic E-state index is 0.0146. The van der Waals surface area contributed by atoms with Gasteiger partial charge in [0, 0.05) is 44.1 Å². The molecular formula is C18H29N3O3. The van der Waals surface area contributed by atoms with Crippen molar-refractivity contribution in [2.75, 3.05) is 19.8 Å². The van der Waals surface area contributed by atoms with E-state index in [0.29, 0.717) is 13.2 Å². The van der Waals surface area contributed by atoms with Gasteiger partial charge in [0.15, 0.2) is 0 Å². The number of aryl methyl sites for hydroxylation is 1. The Morgan fingerprint density at radius 1 is 1.42 bits per heavy atom. The Morgan fingerprint density at radius 3 is 2.96 bits per heavy atom. The first-order valence-electron chi connectivity index (χ1n) is 8.98. The van der Waals surface area contributed by atoms with E-state index in [0.717, 1.165) is 32.4 Å². The van der Waals surface area contributed by atoms with E-state index in [4.69, 9.17) is 9.47 Å². The Labute approximate surface area is 144 Å². The molecule has 0 unspecified atom stereocenters. The summed E-state index contributed by atoms with van der Waals surface area (Å²) in [5, 5.41) is 4.20. The van der Waals surface area contributed by atoms with E-state index in [-0.39, 0.29) is 29.6 Å². The predicted molar refractivity (Wildman–Crippen MR) is 90.5 cm³/mol. The highest BCUT2D eigenvalue weighted by Crippen LogP contribution is 2.33. The first kappa shape index (κ1) is 17.4. The molecule has 1 aromatic heterocycles. The first-order valence-corrected chi connectivity index (χ1v) is 8.98. The van der Waals surface area contributed by atoms with Gasteiger partial charge in [0.05, 0.1) is 6.04 Å². The van der Waals surface area contributed by atoms with Crippen molar-refractivity contribution in [3.8, 4) is 0 Å². The van der Waals surface area contributed by atoms with Crippen LogP contribution in [0.5, 0.6) is 0 Å². The Balaban J connectivity index is 1.56. The summed E-state index contributed by atoms with van der Waals surface area (Å²) in [5.74, 6) is 0.200. The van der Waals surface area contributed by atoms with E-state index < -0.39 is 0 Å². The largest absolute Gasteiger partial charge is 0.374 e. The second-order valence-corrected chi connectivity index (χ2v) is 7.78. The van der Waals surface area contributed by atoms with Crippen LogP contribution in [0.1, 0.15) is 40.0 Å². The molecule has 0 aromatic carbocycles. The number of likely N-dealkylation sites (tertiary alicyclic amines) is 1. The van der Waals surface area contributed by atoms with E-state index in [1.165, 1.54) is 0 Å². The minimum Gasteiger partial charge on any atom is -0.374 e. The molecule has 134 valence electrons. The number of fused-ring (bicyclic) bond motifs is 1. The fourth-order valence-corrected chi connectivity index (χ4v) is 3.61. The topological polar surface area (TPSA) is 56.6 Å². The van der Waals surface area contributed by atoms with Crippen LogP contribution in [0.15, 0.2) is 18.5 Å². The SMILES string of the molecule is CC(C)(C)C(=O)N1C[C@@H](OCCCn2cccn2)[C@@H]2OCCC[C@H]21. The zero-order valence-corrected chi connectivity index (χ0v) is 15.0. The normalized spacial score (nSPS) is 27.3. The van der Waals surface area contributed by atoms with Gasteiger partial charge in [0.2, 0.25) is 5.91 Å². The summed E-state index contributed by atoms with van der Waals surface area (Å²) in [6, 6.07) is 2.09. The highest BCUT2D eigenvalue weighted by molar-refractivity contribution is 5.82. The highest BCUT2D eigenvalue weighted by Gasteiger charge is 2.48. The Hall–Kier alpha value is -1.40. The van der Waals surface area contributed by atoms with E-state index in [1.807, 2.05) is 42.6 Å². The van der Waals surface area contributed by atoms with Crippen LogP contribution in [0.2, 0.25) is 0 Å². The molecule has 0 N–H and O–H groups in total. The van der Waals surface area contributed by atoms with Crippen molar-refractivity contribution in [1.82, 2.24) is 14.7 Å². The van der Waals surface area contributed by atoms with Gasteiger partial charge >= 0.3 is 0 Å². The Kier molecular flexibility index (Phi) is 5.25. The number of aromatic nitrogens is 2. The maximum Gasteiger partial charge on any atom is 0.228 e. The van der Waals surface area contributed by atoms with E-state index >= 15 is 0 Å². The Morgan fingerprint density at radius 2 is 2.25 bits per heavy atom. The van der Waals surface area contributed by atoms with Gasteiger partial charge in [0.25, 0.3) is 0 Å². The zero-order valence-electron chi connectivity index (χ0n) is 15.0. The van der Waals surface area contributed by atoms with Crippen molar-refractivity contribution in [3.05, 3.63) is 18.5 Å². The molecule has 3 heterocycles. The van der Waals surface area contributed by atoms with Crippen LogP contribution in [0.4, 0.5) is 0 Å². The molecule has 2 saturated heterocycles. The summed E-state index contributed by atoms with van der Waals surface area (Å²) in [7, 11) is 0. The summed E-state index contributed by atoms with van der Waals surface area (Å²) < 4.78 is 14.0. The number of nitrogens with zero attached hydrogens (tertiary/aromatic N) is 3. The summed E-state index contributed by atoms with van der Waals surface area (Å²) in [6.07, 6.45) is 6.69. The average Bonchev–Trinajstić information content (AvgIpc) is 3.18.